The van der Waals surface area contributed by atoms with Gasteiger partial charge in [0.05, 0.1) is 0 Å². The average Bonchev–Trinajstić information content (AvgIpc) is 2.44. The largest absolute Gasteiger partial charge is 0.330 e. The van der Waals surface area contributed by atoms with E-state index in [0.717, 1.165) is 23.8 Å². The first kappa shape index (κ1) is 13.3. The summed E-state index contributed by atoms with van der Waals surface area (Å²) in [7, 11) is 1.51. The SMILES string of the molecule is Cn1c(=O)ccn(CCCCc2ccccc2)c1=O. The second kappa shape index (κ2) is 6.18. The monoisotopic (exact) mass is 258 g/mol. The molecule has 1 aromatic heterocycles. The zero-order valence-corrected chi connectivity index (χ0v) is 11.1. The third kappa shape index (κ3) is 3.44. The first-order valence-corrected chi connectivity index (χ1v) is 6.49. The third-order valence-electron chi connectivity index (χ3n) is 3.22. The molecule has 0 N–H and O–H groups in total. The van der Waals surface area contributed by atoms with Crippen LogP contribution >= 0.6 is 0 Å². The topological polar surface area (TPSA) is 44.0 Å². The minimum absolute atomic E-state index is 0.243. The van der Waals surface area contributed by atoms with E-state index in [0.29, 0.717) is 6.54 Å². The van der Waals surface area contributed by atoms with E-state index in [1.807, 2.05) is 18.2 Å². The molecule has 1 heterocycles. The summed E-state index contributed by atoms with van der Waals surface area (Å²) in [6.07, 6.45) is 4.54. The van der Waals surface area contributed by atoms with Crippen molar-refractivity contribution in [3.63, 3.8) is 0 Å². The second-order valence-corrected chi connectivity index (χ2v) is 4.63. The summed E-state index contributed by atoms with van der Waals surface area (Å²) in [6, 6.07) is 11.7. The van der Waals surface area contributed by atoms with Crippen LogP contribution in [0.15, 0.2) is 52.2 Å². The zero-order valence-electron chi connectivity index (χ0n) is 11.1. The highest BCUT2D eigenvalue weighted by Gasteiger charge is 2.00. The van der Waals surface area contributed by atoms with Gasteiger partial charge < -0.3 is 4.57 Å². The molecule has 0 spiro atoms. The Morgan fingerprint density at radius 1 is 1.00 bits per heavy atom. The van der Waals surface area contributed by atoms with Crippen molar-refractivity contribution in [2.24, 2.45) is 7.05 Å². The van der Waals surface area contributed by atoms with Gasteiger partial charge in [0.25, 0.3) is 5.56 Å². The van der Waals surface area contributed by atoms with Crippen LogP contribution in [0, 0.1) is 0 Å². The fourth-order valence-corrected chi connectivity index (χ4v) is 2.04. The summed E-state index contributed by atoms with van der Waals surface area (Å²) in [6.45, 7) is 0.653. The van der Waals surface area contributed by atoms with Gasteiger partial charge in [0.2, 0.25) is 0 Å². The molecular formula is C15H18N2O2. The maximum Gasteiger partial charge on any atom is 0.330 e. The van der Waals surface area contributed by atoms with Crippen molar-refractivity contribution in [2.45, 2.75) is 25.8 Å². The fraction of sp³-hybridized carbons (Fsp3) is 0.333. The molecule has 0 aliphatic heterocycles. The van der Waals surface area contributed by atoms with Crippen LogP contribution in [-0.4, -0.2) is 9.13 Å². The van der Waals surface area contributed by atoms with E-state index in [2.05, 4.69) is 12.1 Å². The average molecular weight is 258 g/mol. The minimum Gasteiger partial charge on any atom is -0.300 e. The van der Waals surface area contributed by atoms with Gasteiger partial charge in [-0.15, -0.1) is 0 Å². The number of benzene rings is 1. The summed E-state index contributed by atoms with van der Waals surface area (Å²) in [5, 5.41) is 0. The van der Waals surface area contributed by atoms with Crippen molar-refractivity contribution < 1.29 is 0 Å². The highest BCUT2D eigenvalue weighted by molar-refractivity contribution is 5.14. The lowest BCUT2D eigenvalue weighted by atomic mass is 10.1. The fourth-order valence-electron chi connectivity index (χ4n) is 2.04. The van der Waals surface area contributed by atoms with Crippen LogP contribution in [0.1, 0.15) is 18.4 Å². The van der Waals surface area contributed by atoms with Crippen molar-refractivity contribution in [3.8, 4) is 0 Å². The van der Waals surface area contributed by atoms with Gasteiger partial charge in [-0.2, -0.15) is 0 Å². The molecule has 0 saturated carbocycles. The van der Waals surface area contributed by atoms with Crippen LogP contribution in [0.25, 0.3) is 0 Å². The smallest absolute Gasteiger partial charge is 0.300 e. The predicted octanol–water partition coefficient (Wildman–Crippen LogP) is 1.57. The molecule has 1 aromatic carbocycles. The minimum atomic E-state index is -0.259. The van der Waals surface area contributed by atoms with Crippen LogP contribution in [0.3, 0.4) is 0 Å². The molecule has 0 aliphatic carbocycles. The number of unbranched alkanes of at least 4 members (excludes halogenated alkanes) is 1. The first-order valence-electron chi connectivity index (χ1n) is 6.49. The van der Waals surface area contributed by atoms with E-state index in [1.165, 1.54) is 18.7 Å². The van der Waals surface area contributed by atoms with Gasteiger partial charge in [-0.1, -0.05) is 30.3 Å². The van der Waals surface area contributed by atoms with Crippen molar-refractivity contribution >= 4 is 0 Å². The lowest BCUT2D eigenvalue weighted by Crippen LogP contribution is -2.36. The molecule has 4 nitrogen and oxygen atoms in total. The molecule has 0 fully saturated rings. The molecule has 0 saturated heterocycles. The highest BCUT2D eigenvalue weighted by atomic mass is 16.2. The van der Waals surface area contributed by atoms with Gasteiger partial charge in [0, 0.05) is 25.9 Å². The van der Waals surface area contributed by atoms with Crippen LogP contribution < -0.4 is 11.2 Å². The Morgan fingerprint density at radius 3 is 2.47 bits per heavy atom. The normalized spacial score (nSPS) is 10.6. The lowest BCUT2D eigenvalue weighted by molar-refractivity contribution is 0.555. The zero-order chi connectivity index (χ0) is 13.7. The van der Waals surface area contributed by atoms with Crippen LogP contribution in [0.2, 0.25) is 0 Å². The molecule has 4 heteroatoms. The predicted molar refractivity (Wildman–Crippen MR) is 75.3 cm³/mol. The maximum atomic E-state index is 11.8. The van der Waals surface area contributed by atoms with Gasteiger partial charge in [0.15, 0.2) is 0 Å². The van der Waals surface area contributed by atoms with E-state index in [4.69, 9.17) is 0 Å². The van der Waals surface area contributed by atoms with Crippen molar-refractivity contribution in [1.82, 2.24) is 9.13 Å². The standard InChI is InChI=1S/C15H18N2O2/c1-16-14(18)10-12-17(15(16)19)11-6-5-9-13-7-3-2-4-8-13/h2-4,7-8,10,12H,5-6,9,11H2,1H3. The van der Waals surface area contributed by atoms with Crippen molar-refractivity contribution in [3.05, 3.63) is 69.0 Å². The summed E-state index contributed by atoms with van der Waals surface area (Å²) >= 11 is 0. The Morgan fingerprint density at radius 2 is 1.74 bits per heavy atom. The Kier molecular flexibility index (Phi) is 4.34. The molecule has 2 aromatic rings. The van der Waals surface area contributed by atoms with Crippen LogP contribution in [0.4, 0.5) is 0 Å². The quantitative estimate of drug-likeness (QED) is 0.764. The molecule has 19 heavy (non-hydrogen) atoms. The molecule has 0 amide bonds. The number of hydrogen-bond acceptors (Lipinski definition) is 2. The Balaban J connectivity index is 1.88. The number of nitrogens with zero attached hydrogens (tertiary/aromatic N) is 2. The number of rotatable bonds is 5. The van der Waals surface area contributed by atoms with Gasteiger partial charge in [0.1, 0.15) is 0 Å². The summed E-state index contributed by atoms with van der Waals surface area (Å²) in [5.74, 6) is 0. The Bertz CT molecular complexity index is 641. The van der Waals surface area contributed by atoms with E-state index < -0.39 is 0 Å². The first-order chi connectivity index (χ1) is 9.18. The number of aromatic nitrogens is 2. The Hall–Kier alpha value is -2.10. The lowest BCUT2D eigenvalue weighted by Gasteiger charge is -2.06. The maximum absolute atomic E-state index is 11.8. The number of hydrogen-bond donors (Lipinski definition) is 0. The van der Waals surface area contributed by atoms with Crippen molar-refractivity contribution in [2.75, 3.05) is 0 Å². The molecule has 100 valence electrons. The molecule has 0 aliphatic rings. The van der Waals surface area contributed by atoms with Gasteiger partial charge >= 0.3 is 5.69 Å². The van der Waals surface area contributed by atoms with Crippen LogP contribution in [0.5, 0.6) is 0 Å². The van der Waals surface area contributed by atoms with E-state index >= 15 is 0 Å². The summed E-state index contributed by atoms with van der Waals surface area (Å²) in [4.78, 5) is 23.0. The van der Waals surface area contributed by atoms with E-state index in [9.17, 15) is 9.59 Å². The molecular weight excluding hydrogens is 240 g/mol. The molecule has 0 bridgehead atoms. The Labute approximate surface area is 111 Å². The molecule has 0 unspecified atom stereocenters. The molecule has 2 rings (SSSR count). The highest BCUT2D eigenvalue weighted by Crippen LogP contribution is 2.04. The van der Waals surface area contributed by atoms with Crippen molar-refractivity contribution in [1.29, 1.82) is 0 Å². The van der Waals surface area contributed by atoms with E-state index in [-0.39, 0.29) is 11.2 Å². The summed E-state index contributed by atoms with van der Waals surface area (Å²) in [5.41, 5.74) is 0.813. The van der Waals surface area contributed by atoms with Gasteiger partial charge in [-0.25, -0.2) is 4.79 Å². The summed E-state index contributed by atoms with van der Waals surface area (Å²) < 4.78 is 2.73. The number of aryl methyl sites for hydroxylation is 2. The second-order valence-electron chi connectivity index (χ2n) is 4.63. The van der Waals surface area contributed by atoms with Gasteiger partial charge in [-0.05, 0) is 24.8 Å². The molecule has 0 radical (unpaired) electrons. The van der Waals surface area contributed by atoms with E-state index in [1.54, 1.807) is 10.8 Å². The van der Waals surface area contributed by atoms with Gasteiger partial charge in [-0.3, -0.25) is 9.36 Å². The van der Waals surface area contributed by atoms with Crippen LogP contribution in [-0.2, 0) is 20.0 Å². The molecule has 0 atom stereocenters. The third-order valence-corrected chi connectivity index (χ3v) is 3.22.